The number of piperidine rings is 1. The Balaban J connectivity index is 0.00000218. The maximum absolute atomic E-state index is 13.6. The highest BCUT2D eigenvalue weighted by Crippen LogP contribution is 2.53. The molecule has 0 bridgehead atoms. The third kappa shape index (κ3) is 12.7. The molecule has 0 aromatic rings. The van der Waals surface area contributed by atoms with Gasteiger partial charge in [-0.2, -0.15) is 0 Å². The van der Waals surface area contributed by atoms with Gasteiger partial charge in [-0.15, -0.1) is 6.58 Å². The summed E-state index contributed by atoms with van der Waals surface area (Å²) < 4.78 is 0. The van der Waals surface area contributed by atoms with Crippen LogP contribution in [0.15, 0.2) is 61.6 Å². The number of fused-ring (bicyclic) bond motifs is 1. The van der Waals surface area contributed by atoms with E-state index in [0.717, 1.165) is 74.2 Å². The van der Waals surface area contributed by atoms with Gasteiger partial charge < -0.3 is 26.2 Å². The van der Waals surface area contributed by atoms with Crippen molar-refractivity contribution in [2.75, 3.05) is 13.1 Å². The van der Waals surface area contributed by atoms with E-state index in [1.165, 1.54) is 32.1 Å². The van der Waals surface area contributed by atoms with Crippen molar-refractivity contribution in [1.82, 2.24) is 26.2 Å². The Kier molecular flexibility index (Phi) is 20.0. The number of carbonyl (C=O) groups is 1. The van der Waals surface area contributed by atoms with Crippen LogP contribution in [0.3, 0.4) is 0 Å². The van der Waals surface area contributed by atoms with Gasteiger partial charge in [0, 0.05) is 36.2 Å². The molecule has 3 fully saturated rings. The molecule has 0 aromatic carbocycles. The molecule has 1 aliphatic heterocycles. The van der Waals surface area contributed by atoms with Crippen LogP contribution >= 0.6 is 0 Å². The number of urea groups is 1. The maximum atomic E-state index is 13.6. The molecule has 6 nitrogen and oxygen atoms in total. The van der Waals surface area contributed by atoms with Crippen LogP contribution < -0.4 is 21.3 Å². The Morgan fingerprint density at radius 1 is 0.938 bits per heavy atom. The van der Waals surface area contributed by atoms with Gasteiger partial charge in [-0.25, -0.2) is 4.79 Å². The molecule has 1 heterocycles. The van der Waals surface area contributed by atoms with E-state index in [2.05, 4.69) is 101 Å². The van der Waals surface area contributed by atoms with E-state index in [1.807, 2.05) is 19.9 Å². The molecule has 6 heteroatoms. The lowest BCUT2D eigenvalue weighted by atomic mass is 9.69. The normalized spacial score (nSPS) is 22.2. The molecule has 2 aliphatic carbocycles. The molecule has 4 N–H and O–H groups in total. The van der Waals surface area contributed by atoms with Crippen LogP contribution in [0, 0.1) is 23.2 Å². The van der Waals surface area contributed by atoms with E-state index in [4.69, 9.17) is 6.58 Å². The first kappa shape index (κ1) is 43.4. The zero-order valence-corrected chi connectivity index (χ0v) is 32.9. The van der Waals surface area contributed by atoms with Crippen molar-refractivity contribution >= 4 is 6.03 Å². The minimum Gasteiger partial charge on any atom is -0.382 e. The van der Waals surface area contributed by atoms with Crippen molar-refractivity contribution in [3.05, 3.63) is 61.6 Å². The van der Waals surface area contributed by atoms with E-state index in [9.17, 15) is 4.79 Å². The largest absolute Gasteiger partial charge is 0.382 e. The first-order valence-corrected chi connectivity index (χ1v) is 19.6. The van der Waals surface area contributed by atoms with Gasteiger partial charge in [-0.05, 0) is 60.8 Å². The third-order valence-electron chi connectivity index (χ3n) is 10.4. The number of unbranched alkanes of at least 4 members (excludes halogenated alkanes) is 1. The van der Waals surface area contributed by atoms with Gasteiger partial charge in [0.1, 0.15) is 0 Å². The Labute approximate surface area is 297 Å². The van der Waals surface area contributed by atoms with Gasteiger partial charge in [0.05, 0.1) is 18.1 Å². The Morgan fingerprint density at radius 2 is 1.56 bits per heavy atom. The maximum Gasteiger partial charge on any atom is 0.315 e. The first-order valence-electron chi connectivity index (χ1n) is 19.6. The van der Waals surface area contributed by atoms with Crippen molar-refractivity contribution in [2.45, 2.75) is 164 Å². The van der Waals surface area contributed by atoms with Crippen LogP contribution in [0.2, 0.25) is 0 Å². The van der Waals surface area contributed by atoms with Crippen LogP contribution in [0.25, 0.3) is 0 Å². The molecule has 2 saturated carbocycles. The van der Waals surface area contributed by atoms with Crippen LogP contribution in [-0.4, -0.2) is 48.2 Å². The summed E-state index contributed by atoms with van der Waals surface area (Å²) in [4.78, 5) is 16.0. The number of likely N-dealkylation sites (tertiary alicyclic amines) is 1. The van der Waals surface area contributed by atoms with Gasteiger partial charge in [0.2, 0.25) is 0 Å². The number of carbonyl (C=O) groups excluding carboxylic acids is 1. The lowest BCUT2D eigenvalue weighted by molar-refractivity contribution is 0.134. The van der Waals surface area contributed by atoms with Crippen LogP contribution in [0.4, 0.5) is 4.79 Å². The van der Waals surface area contributed by atoms with Gasteiger partial charge in [0.15, 0.2) is 0 Å². The smallest absolute Gasteiger partial charge is 0.315 e. The number of amides is 2. The number of nitrogens with zero attached hydrogens (tertiary/aromatic N) is 1. The van der Waals surface area contributed by atoms with E-state index < -0.39 is 0 Å². The summed E-state index contributed by atoms with van der Waals surface area (Å²) in [5.74, 6) is 1.62. The van der Waals surface area contributed by atoms with Crippen molar-refractivity contribution in [2.24, 2.45) is 23.2 Å². The Morgan fingerprint density at radius 3 is 2.10 bits per heavy atom. The molecular weight excluding hydrogens is 590 g/mol. The van der Waals surface area contributed by atoms with Crippen molar-refractivity contribution in [3.8, 4) is 0 Å². The quantitative estimate of drug-likeness (QED) is 0.0818. The fourth-order valence-corrected chi connectivity index (χ4v) is 7.48. The molecule has 48 heavy (non-hydrogen) atoms. The predicted molar refractivity (Wildman–Crippen MR) is 211 cm³/mol. The van der Waals surface area contributed by atoms with Crippen molar-refractivity contribution in [1.29, 1.82) is 0 Å². The fourth-order valence-electron chi connectivity index (χ4n) is 7.48. The second kappa shape index (κ2) is 22.2. The molecule has 2 amide bonds. The number of hydrogen-bond acceptors (Lipinski definition) is 4. The van der Waals surface area contributed by atoms with Crippen LogP contribution in [0.5, 0.6) is 0 Å². The van der Waals surface area contributed by atoms with Gasteiger partial charge in [0.25, 0.3) is 0 Å². The van der Waals surface area contributed by atoms with E-state index in [-0.39, 0.29) is 35.6 Å². The minimum atomic E-state index is -0.122. The molecule has 0 radical (unpaired) electrons. The zero-order chi connectivity index (χ0) is 36.4. The monoisotopic (exact) mass is 668 g/mol. The highest BCUT2D eigenvalue weighted by molar-refractivity contribution is 5.75. The molecule has 276 valence electrons. The summed E-state index contributed by atoms with van der Waals surface area (Å²) in [5.41, 5.74) is 3.87. The zero-order valence-electron chi connectivity index (χ0n) is 32.9. The summed E-state index contributed by atoms with van der Waals surface area (Å²) >= 11 is 0. The predicted octanol–water partition coefficient (Wildman–Crippen LogP) is 10.2. The average molecular weight is 668 g/mol. The molecule has 0 spiro atoms. The summed E-state index contributed by atoms with van der Waals surface area (Å²) in [7, 11) is 0. The lowest BCUT2D eigenvalue weighted by Crippen LogP contribution is -2.57. The summed E-state index contributed by atoms with van der Waals surface area (Å²) in [6.45, 7) is 42.9. The molecule has 3 rings (SSSR count). The highest BCUT2D eigenvalue weighted by atomic mass is 16.2. The minimum absolute atomic E-state index is 0.0244. The van der Waals surface area contributed by atoms with E-state index in [0.29, 0.717) is 24.3 Å². The van der Waals surface area contributed by atoms with Crippen LogP contribution in [-0.2, 0) is 0 Å². The molecule has 6 atom stereocenters. The summed E-state index contributed by atoms with van der Waals surface area (Å²) in [6, 6.07) is 0.200. The van der Waals surface area contributed by atoms with Gasteiger partial charge in [-0.1, -0.05) is 140 Å². The van der Waals surface area contributed by atoms with Gasteiger partial charge in [-0.3, -0.25) is 0 Å². The van der Waals surface area contributed by atoms with Gasteiger partial charge >= 0.3 is 6.03 Å². The first-order chi connectivity index (χ1) is 22.9. The number of nitrogens with one attached hydrogen (secondary N) is 4. The fraction of sp³-hybridized carbons (Fsp3) is 0.738. The highest BCUT2D eigenvalue weighted by Gasteiger charge is 2.55. The molecule has 1 saturated heterocycles. The van der Waals surface area contributed by atoms with E-state index >= 15 is 0 Å². The Bertz CT molecular complexity index is 1030. The van der Waals surface area contributed by atoms with E-state index in [1.54, 1.807) is 0 Å². The molecule has 3 aliphatic rings. The third-order valence-corrected chi connectivity index (χ3v) is 10.4. The van der Waals surface area contributed by atoms with Crippen LogP contribution in [0.1, 0.15) is 139 Å². The molecule has 4 unspecified atom stereocenters. The second-order valence-electron chi connectivity index (χ2n) is 14.9. The topological polar surface area (TPSA) is 68.4 Å². The molecular formula is C42H77N5O. The summed E-state index contributed by atoms with van der Waals surface area (Å²) in [6.07, 6.45) is 15.4. The average Bonchev–Trinajstić information content (AvgIpc) is 3.73. The lowest BCUT2D eigenvalue weighted by Gasteiger charge is -2.46. The summed E-state index contributed by atoms with van der Waals surface area (Å²) in [5, 5.41) is 13.9. The SMILES string of the molecule is C=CCNC(=C)C(=C)C(CCCC)NC(=C)C1[C@H]2C[C@H]2CN1C(=C)C(NC(=O)NC(CCC)C(C)C)C1(C)CCCCC1.CC.CCC. The number of rotatable bonds is 19. The molecule has 0 aromatic heterocycles. The standard InChI is InChI=1S/C37H63N5O.C3H8.C2H6/c1-11-14-19-33(26(6)27(7)38-22-13-3)39-28(8)34-31-23-30(31)24-42(34)29(9)35(37(10)20-16-15-17-21-37)41-36(43)40-32(18-12-2)25(4)5;1-3-2;1-2/h13,25,30-35,38-39H,3,6-9,11-12,14-24H2,1-2,4-5,10H3,(H2,40,41,43);3H2,1-2H3;1-2H3/t30-,31-,32?,33?,34?,35?;;/m0../s1. The second-order valence-corrected chi connectivity index (χ2v) is 14.9. The van der Waals surface area contributed by atoms with Crippen molar-refractivity contribution in [3.63, 3.8) is 0 Å². The van der Waals surface area contributed by atoms with Crippen molar-refractivity contribution < 1.29 is 4.79 Å². The number of hydrogen-bond donors (Lipinski definition) is 4. The Hall–Kier alpha value is -2.63.